The van der Waals surface area contributed by atoms with Crippen LogP contribution in [-0.2, 0) is 14.3 Å². The lowest BCUT2D eigenvalue weighted by Gasteiger charge is -2.24. The van der Waals surface area contributed by atoms with E-state index in [1.807, 2.05) is 36.4 Å². The SMILES string of the molecule is N[C@@H](CC(=O)O)C(C(=O)OCC1c2ccccc2-c2ccccc21)c1ccc(Cl)cc1Cl. The molecule has 0 spiro atoms. The molecule has 0 saturated heterocycles. The van der Waals surface area contributed by atoms with Gasteiger partial charge in [-0.15, -0.1) is 0 Å². The van der Waals surface area contributed by atoms with E-state index in [0.717, 1.165) is 22.3 Å². The quantitative estimate of drug-likeness (QED) is 0.462. The number of carbonyl (C=O) groups excluding carboxylic acids is 1. The van der Waals surface area contributed by atoms with Crippen molar-refractivity contribution in [1.82, 2.24) is 0 Å². The Hall–Kier alpha value is -2.86. The smallest absolute Gasteiger partial charge is 0.315 e. The first kappa shape index (κ1) is 22.3. The lowest BCUT2D eigenvalue weighted by atomic mass is 9.90. The van der Waals surface area contributed by atoms with Crippen molar-refractivity contribution in [1.29, 1.82) is 0 Å². The number of carboxylic acids is 1. The van der Waals surface area contributed by atoms with Crippen molar-refractivity contribution in [2.45, 2.75) is 24.3 Å². The van der Waals surface area contributed by atoms with Gasteiger partial charge in [-0.05, 0) is 39.9 Å². The molecule has 0 radical (unpaired) electrons. The van der Waals surface area contributed by atoms with Gasteiger partial charge in [-0.3, -0.25) is 9.59 Å². The number of hydrogen-bond donors (Lipinski definition) is 2. The van der Waals surface area contributed by atoms with E-state index in [2.05, 4.69) is 12.1 Å². The molecule has 4 rings (SSSR count). The summed E-state index contributed by atoms with van der Waals surface area (Å²) in [5.41, 5.74) is 10.9. The van der Waals surface area contributed by atoms with Gasteiger partial charge in [0.15, 0.2) is 0 Å². The minimum atomic E-state index is -1.11. The fourth-order valence-corrected chi connectivity index (χ4v) is 4.83. The van der Waals surface area contributed by atoms with Gasteiger partial charge in [0.1, 0.15) is 6.61 Å². The highest BCUT2D eigenvalue weighted by atomic mass is 35.5. The Morgan fingerprint density at radius 2 is 1.56 bits per heavy atom. The Morgan fingerprint density at radius 1 is 0.969 bits per heavy atom. The second-order valence-electron chi connectivity index (χ2n) is 7.76. The second kappa shape index (κ2) is 9.33. The third-order valence-electron chi connectivity index (χ3n) is 5.74. The summed E-state index contributed by atoms with van der Waals surface area (Å²) < 4.78 is 5.74. The summed E-state index contributed by atoms with van der Waals surface area (Å²) in [6, 6.07) is 19.7. The number of ether oxygens (including phenoxy) is 1. The molecule has 7 heteroatoms. The molecule has 3 aromatic rings. The highest BCUT2D eigenvalue weighted by Crippen LogP contribution is 2.44. The number of fused-ring (bicyclic) bond motifs is 3. The summed E-state index contributed by atoms with van der Waals surface area (Å²) in [5, 5.41) is 9.84. The predicted molar refractivity (Wildman–Crippen MR) is 124 cm³/mol. The maximum atomic E-state index is 13.2. The van der Waals surface area contributed by atoms with Crippen LogP contribution in [0.3, 0.4) is 0 Å². The zero-order valence-electron chi connectivity index (χ0n) is 17.0. The van der Waals surface area contributed by atoms with E-state index in [1.165, 1.54) is 6.07 Å². The minimum absolute atomic E-state index is 0.106. The Labute approximate surface area is 195 Å². The molecule has 5 nitrogen and oxygen atoms in total. The van der Waals surface area contributed by atoms with Gasteiger partial charge in [-0.1, -0.05) is 77.8 Å². The van der Waals surface area contributed by atoms with E-state index < -0.39 is 30.3 Å². The van der Waals surface area contributed by atoms with Crippen molar-refractivity contribution in [3.8, 4) is 11.1 Å². The van der Waals surface area contributed by atoms with Crippen LogP contribution in [0.15, 0.2) is 66.7 Å². The number of benzene rings is 3. The number of carboxylic acid groups (broad SMARTS) is 1. The molecule has 0 heterocycles. The van der Waals surface area contributed by atoms with Crippen LogP contribution in [0.5, 0.6) is 0 Å². The predicted octanol–water partition coefficient (Wildman–Crippen LogP) is 5.23. The van der Waals surface area contributed by atoms with Crippen molar-refractivity contribution >= 4 is 35.1 Å². The standard InChI is InChI=1S/C25H21Cl2NO4/c26-14-9-10-19(21(27)11-14)24(22(28)12-23(29)30)25(31)32-13-20-17-7-3-1-5-15(17)16-6-2-4-8-18(16)20/h1-11,20,22,24H,12-13,28H2,(H,29,30)/t22-,24?/m0/s1. The molecule has 164 valence electrons. The molecule has 1 unspecified atom stereocenters. The third kappa shape index (κ3) is 4.37. The molecule has 0 aromatic heterocycles. The number of esters is 1. The number of rotatable bonds is 7. The molecule has 2 atom stereocenters. The maximum absolute atomic E-state index is 13.2. The van der Waals surface area contributed by atoms with Gasteiger partial charge in [-0.2, -0.15) is 0 Å². The van der Waals surface area contributed by atoms with Gasteiger partial charge >= 0.3 is 11.9 Å². The van der Waals surface area contributed by atoms with Crippen molar-refractivity contribution in [3.63, 3.8) is 0 Å². The third-order valence-corrected chi connectivity index (χ3v) is 6.31. The minimum Gasteiger partial charge on any atom is -0.481 e. The van der Waals surface area contributed by atoms with Crippen LogP contribution in [0.25, 0.3) is 11.1 Å². The molecule has 1 aliphatic rings. The maximum Gasteiger partial charge on any atom is 0.315 e. The van der Waals surface area contributed by atoms with Crippen molar-refractivity contribution < 1.29 is 19.4 Å². The van der Waals surface area contributed by atoms with Gasteiger partial charge in [0.05, 0.1) is 12.3 Å². The van der Waals surface area contributed by atoms with Gasteiger partial charge in [0.25, 0.3) is 0 Å². The van der Waals surface area contributed by atoms with Crippen LogP contribution < -0.4 is 5.73 Å². The number of hydrogen-bond acceptors (Lipinski definition) is 4. The van der Waals surface area contributed by atoms with Crippen LogP contribution in [-0.4, -0.2) is 29.7 Å². The Bertz CT molecular complexity index is 1130. The Balaban J connectivity index is 1.61. The van der Waals surface area contributed by atoms with E-state index in [1.54, 1.807) is 12.1 Å². The molecule has 0 amide bonds. The van der Waals surface area contributed by atoms with E-state index in [4.69, 9.17) is 33.7 Å². The first-order chi connectivity index (χ1) is 15.4. The summed E-state index contributed by atoms with van der Waals surface area (Å²) in [7, 11) is 0. The van der Waals surface area contributed by atoms with Crippen molar-refractivity contribution in [2.24, 2.45) is 5.73 Å². The Morgan fingerprint density at radius 3 is 2.12 bits per heavy atom. The van der Waals surface area contributed by atoms with Crippen LogP contribution in [0.1, 0.15) is 34.9 Å². The van der Waals surface area contributed by atoms with Gasteiger partial charge < -0.3 is 15.6 Å². The monoisotopic (exact) mass is 469 g/mol. The normalized spacial score (nSPS) is 14.3. The molecule has 3 N–H and O–H groups in total. The van der Waals surface area contributed by atoms with Crippen molar-refractivity contribution in [2.75, 3.05) is 6.61 Å². The molecule has 0 saturated carbocycles. The fourth-order valence-electron chi connectivity index (χ4n) is 4.30. The highest BCUT2D eigenvalue weighted by Gasteiger charge is 2.34. The summed E-state index contributed by atoms with van der Waals surface area (Å²) in [6.45, 7) is 0.106. The molecule has 32 heavy (non-hydrogen) atoms. The van der Waals surface area contributed by atoms with Crippen LogP contribution >= 0.6 is 23.2 Å². The summed E-state index contributed by atoms with van der Waals surface area (Å²) >= 11 is 12.3. The van der Waals surface area contributed by atoms with E-state index in [0.29, 0.717) is 10.6 Å². The summed E-state index contributed by atoms with van der Waals surface area (Å²) in [6.07, 6.45) is -0.409. The molecule has 0 aliphatic heterocycles. The molecular weight excluding hydrogens is 449 g/mol. The highest BCUT2D eigenvalue weighted by molar-refractivity contribution is 6.35. The summed E-state index contributed by atoms with van der Waals surface area (Å²) in [4.78, 5) is 24.5. The molecule has 0 bridgehead atoms. The summed E-state index contributed by atoms with van der Waals surface area (Å²) in [5.74, 6) is -2.89. The van der Waals surface area contributed by atoms with Crippen LogP contribution in [0.4, 0.5) is 0 Å². The number of carbonyl (C=O) groups is 2. The lowest BCUT2D eigenvalue weighted by molar-refractivity contribution is -0.146. The number of aliphatic carboxylic acids is 1. The average molecular weight is 470 g/mol. The number of nitrogens with two attached hydrogens (primary N) is 1. The first-order valence-electron chi connectivity index (χ1n) is 10.1. The molecule has 1 aliphatic carbocycles. The lowest BCUT2D eigenvalue weighted by Crippen LogP contribution is -2.37. The average Bonchev–Trinajstić information content (AvgIpc) is 3.07. The largest absolute Gasteiger partial charge is 0.481 e. The fraction of sp³-hybridized carbons (Fsp3) is 0.200. The van der Waals surface area contributed by atoms with Crippen LogP contribution in [0.2, 0.25) is 10.0 Å². The second-order valence-corrected chi connectivity index (χ2v) is 8.61. The van der Waals surface area contributed by atoms with E-state index in [-0.39, 0.29) is 17.5 Å². The molecule has 3 aromatic carbocycles. The van der Waals surface area contributed by atoms with Crippen molar-refractivity contribution in [3.05, 3.63) is 93.5 Å². The first-order valence-corrected chi connectivity index (χ1v) is 10.9. The van der Waals surface area contributed by atoms with Gasteiger partial charge in [-0.25, -0.2) is 0 Å². The molecular formula is C25H21Cl2NO4. The van der Waals surface area contributed by atoms with Crippen LogP contribution in [0, 0.1) is 0 Å². The zero-order valence-corrected chi connectivity index (χ0v) is 18.5. The van der Waals surface area contributed by atoms with E-state index in [9.17, 15) is 14.7 Å². The molecule has 0 fully saturated rings. The van der Waals surface area contributed by atoms with E-state index >= 15 is 0 Å². The zero-order chi connectivity index (χ0) is 22.8. The van der Waals surface area contributed by atoms with Gasteiger partial charge in [0.2, 0.25) is 0 Å². The van der Waals surface area contributed by atoms with Gasteiger partial charge in [0, 0.05) is 22.0 Å². The Kier molecular flexibility index (Phi) is 6.51. The topological polar surface area (TPSA) is 89.6 Å². The number of halogens is 2.